The van der Waals surface area contributed by atoms with E-state index in [1.807, 2.05) is 78.4 Å². The Labute approximate surface area is 175 Å². The Balaban J connectivity index is 1.43. The molecule has 6 nitrogen and oxygen atoms in total. The van der Waals surface area contributed by atoms with Crippen molar-refractivity contribution in [2.24, 2.45) is 5.73 Å². The third-order valence-electron chi connectivity index (χ3n) is 5.02. The monoisotopic (exact) mass is 397 g/mol. The second-order valence-corrected chi connectivity index (χ2v) is 7.08. The van der Waals surface area contributed by atoms with Crippen molar-refractivity contribution >= 4 is 5.91 Å². The van der Waals surface area contributed by atoms with E-state index in [9.17, 15) is 4.79 Å². The SMILES string of the molecule is CC(NC(=O)c1ccc(-c2ccncc2)cc1)c1cn(-c2ccc(CN)cc2)cn1. The van der Waals surface area contributed by atoms with Crippen molar-refractivity contribution in [3.05, 3.63) is 102 Å². The molecule has 1 unspecified atom stereocenters. The zero-order chi connectivity index (χ0) is 20.9. The highest BCUT2D eigenvalue weighted by molar-refractivity contribution is 5.94. The van der Waals surface area contributed by atoms with Gasteiger partial charge in [0.1, 0.15) is 0 Å². The van der Waals surface area contributed by atoms with Crippen molar-refractivity contribution < 1.29 is 4.79 Å². The molecule has 30 heavy (non-hydrogen) atoms. The maximum absolute atomic E-state index is 12.7. The highest BCUT2D eigenvalue weighted by Gasteiger charge is 2.14. The van der Waals surface area contributed by atoms with Gasteiger partial charge in [0.25, 0.3) is 5.91 Å². The number of amides is 1. The van der Waals surface area contributed by atoms with Gasteiger partial charge >= 0.3 is 0 Å². The molecule has 6 heteroatoms. The number of hydrogen-bond acceptors (Lipinski definition) is 4. The molecule has 0 aliphatic heterocycles. The number of carbonyl (C=O) groups excluding carboxylic acids is 1. The van der Waals surface area contributed by atoms with Crippen LogP contribution in [0.5, 0.6) is 0 Å². The van der Waals surface area contributed by atoms with Gasteiger partial charge in [0, 0.05) is 36.4 Å². The maximum atomic E-state index is 12.7. The van der Waals surface area contributed by atoms with Gasteiger partial charge in [0.05, 0.1) is 18.1 Å². The number of nitrogens with one attached hydrogen (secondary N) is 1. The lowest BCUT2D eigenvalue weighted by Gasteiger charge is -2.12. The van der Waals surface area contributed by atoms with Crippen LogP contribution >= 0.6 is 0 Å². The number of rotatable bonds is 6. The molecule has 4 rings (SSSR count). The smallest absolute Gasteiger partial charge is 0.251 e. The van der Waals surface area contributed by atoms with Crippen LogP contribution in [0.25, 0.3) is 16.8 Å². The fourth-order valence-corrected chi connectivity index (χ4v) is 3.22. The van der Waals surface area contributed by atoms with Crippen molar-refractivity contribution in [3.63, 3.8) is 0 Å². The minimum Gasteiger partial charge on any atom is -0.344 e. The minimum atomic E-state index is -0.220. The normalized spacial score (nSPS) is 11.8. The molecular weight excluding hydrogens is 374 g/mol. The lowest BCUT2D eigenvalue weighted by atomic mass is 10.0. The first-order chi connectivity index (χ1) is 14.6. The molecule has 150 valence electrons. The first kappa shape index (κ1) is 19.5. The summed E-state index contributed by atoms with van der Waals surface area (Å²) >= 11 is 0. The van der Waals surface area contributed by atoms with Crippen molar-refractivity contribution in [3.8, 4) is 16.8 Å². The molecule has 0 saturated carbocycles. The number of aromatic nitrogens is 3. The van der Waals surface area contributed by atoms with Gasteiger partial charge in [-0.2, -0.15) is 0 Å². The van der Waals surface area contributed by atoms with E-state index in [0.29, 0.717) is 12.1 Å². The molecule has 0 spiro atoms. The van der Waals surface area contributed by atoms with Gasteiger partial charge in [-0.15, -0.1) is 0 Å². The molecule has 0 bridgehead atoms. The Morgan fingerprint density at radius 1 is 1.00 bits per heavy atom. The molecule has 2 aromatic heterocycles. The molecular formula is C24H23N5O. The lowest BCUT2D eigenvalue weighted by molar-refractivity contribution is 0.0939. The molecule has 0 radical (unpaired) electrons. The summed E-state index contributed by atoms with van der Waals surface area (Å²) in [6.07, 6.45) is 7.18. The molecule has 1 atom stereocenters. The Kier molecular flexibility index (Phi) is 5.68. The predicted octanol–water partition coefficient (Wildman–Crippen LogP) is 3.88. The second-order valence-electron chi connectivity index (χ2n) is 7.08. The largest absolute Gasteiger partial charge is 0.344 e. The standard InChI is InChI=1S/C24H23N5O/c1-17(23-15-29(16-27-23)22-8-2-18(14-25)3-9-22)28-24(30)21-6-4-19(5-7-21)20-10-12-26-13-11-20/h2-13,15-17H,14,25H2,1H3,(H,28,30). The van der Waals surface area contributed by atoms with Gasteiger partial charge in [-0.25, -0.2) is 4.98 Å². The highest BCUT2D eigenvalue weighted by atomic mass is 16.1. The molecule has 1 amide bonds. The summed E-state index contributed by atoms with van der Waals surface area (Å²) in [6, 6.07) is 19.2. The molecule has 0 fully saturated rings. The third kappa shape index (κ3) is 4.29. The van der Waals surface area contributed by atoms with E-state index in [0.717, 1.165) is 28.1 Å². The van der Waals surface area contributed by atoms with Gasteiger partial charge in [-0.05, 0) is 60.0 Å². The Morgan fingerprint density at radius 3 is 2.33 bits per heavy atom. The molecule has 0 aliphatic carbocycles. The van der Waals surface area contributed by atoms with Crippen LogP contribution in [-0.2, 0) is 6.54 Å². The van der Waals surface area contributed by atoms with Crippen molar-refractivity contribution in [1.82, 2.24) is 19.9 Å². The van der Waals surface area contributed by atoms with Crippen LogP contribution in [0.1, 0.15) is 34.6 Å². The fraction of sp³-hybridized carbons (Fsp3) is 0.125. The average molecular weight is 397 g/mol. The summed E-state index contributed by atoms with van der Waals surface area (Å²) in [5, 5.41) is 3.01. The van der Waals surface area contributed by atoms with E-state index in [4.69, 9.17) is 5.73 Å². The number of nitrogens with zero attached hydrogens (tertiary/aromatic N) is 3. The second kappa shape index (κ2) is 8.71. The van der Waals surface area contributed by atoms with E-state index in [1.54, 1.807) is 18.7 Å². The van der Waals surface area contributed by atoms with Crippen LogP contribution in [0.3, 0.4) is 0 Å². The van der Waals surface area contributed by atoms with Crippen LogP contribution < -0.4 is 11.1 Å². The van der Waals surface area contributed by atoms with E-state index >= 15 is 0 Å². The number of benzene rings is 2. The number of imidazole rings is 1. The Morgan fingerprint density at radius 2 is 1.67 bits per heavy atom. The minimum absolute atomic E-state index is 0.134. The number of hydrogen-bond donors (Lipinski definition) is 2. The number of carbonyl (C=O) groups is 1. The first-order valence-electron chi connectivity index (χ1n) is 9.78. The van der Waals surface area contributed by atoms with Crippen LogP contribution in [0.4, 0.5) is 0 Å². The summed E-state index contributed by atoms with van der Waals surface area (Å²) in [4.78, 5) is 21.1. The van der Waals surface area contributed by atoms with E-state index in [2.05, 4.69) is 15.3 Å². The summed E-state index contributed by atoms with van der Waals surface area (Å²) in [7, 11) is 0. The highest BCUT2D eigenvalue weighted by Crippen LogP contribution is 2.19. The van der Waals surface area contributed by atoms with Crippen LogP contribution in [0.15, 0.2) is 85.6 Å². The number of nitrogens with two attached hydrogens (primary N) is 1. The Bertz CT molecular complexity index is 1120. The van der Waals surface area contributed by atoms with Crippen LogP contribution in [0, 0.1) is 0 Å². The molecule has 0 aliphatic rings. The zero-order valence-corrected chi connectivity index (χ0v) is 16.7. The first-order valence-corrected chi connectivity index (χ1v) is 9.78. The quantitative estimate of drug-likeness (QED) is 0.517. The molecule has 0 saturated heterocycles. The summed E-state index contributed by atoms with van der Waals surface area (Å²) in [5.74, 6) is -0.134. The predicted molar refractivity (Wildman–Crippen MR) is 117 cm³/mol. The van der Waals surface area contributed by atoms with Crippen molar-refractivity contribution in [1.29, 1.82) is 0 Å². The average Bonchev–Trinajstić information content (AvgIpc) is 3.30. The summed E-state index contributed by atoms with van der Waals surface area (Å²) in [5.41, 5.74) is 11.2. The van der Waals surface area contributed by atoms with Crippen LogP contribution in [0.2, 0.25) is 0 Å². The summed E-state index contributed by atoms with van der Waals surface area (Å²) < 4.78 is 1.93. The van der Waals surface area contributed by atoms with Gasteiger partial charge in [-0.1, -0.05) is 24.3 Å². The topological polar surface area (TPSA) is 85.8 Å². The Hall–Kier alpha value is -3.77. The molecule has 4 aromatic rings. The van der Waals surface area contributed by atoms with Gasteiger partial charge in [0.2, 0.25) is 0 Å². The molecule has 3 N–H and O–H groups in total. The fourth-order valence-electron chi connectivity index (χ4n) is 3.22. The maximum Gasteiger partial charge on any atom is 0.251 e. The zero-order valence-electron chi connectivity index (χ0n) is 16.7. The van der Waals surface area contributed by atoms with E-state index in [-0.39, 0.29) is 11.9 Å². The van der Waals surface area contributed by atoms with Gasteiger partial charge < -0.3 is 15.6 Å². The van der Waals surface area contributed by atoms with Gasteiger partial charge in [-0.3, -0.25) is 9.78 Å². The third-order valence-corrected chi connectivity index (χ3v) is 5.02. The van der Waals surface area contributed by atoms with E-state index < -0.39 is 0 Å². The van der Waals surface area contributed by atoms with Crippen molar-refractivity contribution in [2.45, 2.75) is 19.5 Å². The lowest BCUT2D eigenvalue weighted by Crippen LogP contribution is -2.26. The summed E-state index contributed by atoms with van der Waals surface area (Å²) in [6.45, 7) is 2.44. The molecule has 2 heterocycles. The molecule has 2 aromatic carbocycles. The number of pyridine rings is 1. The van der Waals surface area contributed by atoms with Crippen molar-refractivity contribution in [2.75, 3.05) is 0 Å². The van der Waals surface area contributed by atoms with Gasteiger partial charge in [0.15, 0.2) is 0 Å². The van der Waals surface area contributed by atoms with E-state index in [1.165, 1.54) is 0 Å². The van der Waals surface area contributed by atoms with Crippen LogP contribution in [-0.4, -0.2) is 20.4 Å².